The zero-order valence-electron chi connectivity index (χ0n) is 15.9. The Morgan fingerprint density at radius 2 is 1.62 bits per heavy atom. The number of amides is 1. The van der Waals surface area contributed by atoms with Crippen LogP contribution in [0.1, 0.15) is 38.9 Å². The molecule has 2 aromatic heterocycles. The molecule has 0 aliphatic carbocycles. The standard InChI is InChI=1S/C23H17N3O3/c1-13-4-7-15(8-5-13)19-18-20(27)16-12-14(2)6-9-17(16)29-21(18)22(28)26(19)23-24-10-3-11-25-23/h3-12,19H,1-2H3. The van der Waals surface area contributed by atoms with Crippen LogP contribution in [0.3, 0.4) is 0 Å². The normalized spacial score (nSPS) is 15.7. The molecule has 6 heteroatoms. The third-order valence-corrected chi connectivity index (χ3v) is 5.19. The van der Waals surface area contributed by atoms with E-state index >= 15 is 0 Å². The lowest BCUT2D eigenvalue weighted by molar-refractivity contribution is 0.0969. The fraction of sp³-hybridized carbons (Fsp3) is 0.130. The lowest BCUT2D eigenvalue weighted by Gasteiger charge is -2.23. The number of aromatic nitrogens is 2. The van der Waals surface area contributed by atoms with Crippen LogP contribution >= 0.6 is 0 Å². The third-order valence-electron chi connectivity index (χ3n) is 5.19. The molecule has 5 rings (SSSR count). The molecule has 1 aliphatic rings. The van der Waals surface area contributed by atoms with E-state index in [4.69, 9.17) is 4.42 Å². The Morgan fingerprint density at radius 3 is 2.34 bits per heavy atom. The molecule has 2 aromatic carbocycles. The van der Waals surface area contributed by atoms with Crippen LogP contribution in [0.2, 0.25) is 0 Å². The van der Waals surface area contributed by atoms with E-state index in [1.165, 1.54) is 4.90 Å². The van der Waals surface area contributed by atoms with Crippen molar-refractivity contribution in [2.45, 2.75) is 19.9 Å². The van der Waals surface area contributed by atoms with Crippen molar-refractivity contribution in [2.75, 3.05) is 4.90 Å². The summed E-state index contributed by atoms with van der Waals surface area (Å²) < 4.78 is 5.93. The van der Waals surface area contributed by atoms with Crippen molar-refractivity contribution < 1.29 is 9.21 Å². The number of benzene rings is 2. The number of hydrogen-bond acceptors (Lipinski definition) is 5. The van der Waals surface area contributed by atoms with Crippen molar-refractivity contribution >= 4 is 22.8 Å². The van der Waals surface area contributed by atoms with Gasteiger partial charge in [-0.2, -0.15) is 0 Å². The Bertz CT molecular complexity index is 1310. The largest absolute Gasteiger partial charge is 0.450 e. The second kappa shape index (κ2) is 6.38. The van der Waals surface area contributed by atoms with Crippen LogP contribution in [0.5, 0.6) is 0 Å². The Morgan fingerprint density at radius 1 is 0.931 bits per heavy atom. The van der Waals surface area contributed by atoms with Crippen molar-refractivity contribution in [1.82, 2.24) is 9.97 Å². The number of anilines is 1. The predicted octanol–water partition coefficient (Wildman–Crippen LogP) is 3.95. The molecule has 6 nitrogen and oxygen atoms in total. The highest BCUT2D eigenvalue weighted by atomic mass is 16.3. The summed E-state index contributed by atoms with van der Waals surface area (Å²) in [4.78, 5) is 36.7. The van der Waals surface area contributed by atoms with Crippen LogP contribution in [0.25, 0.3) is 11.0 Å². The first-order valence-electron chi connectivity index (χ1n) is 9.29. The SMILES string of the molecule is Cc1ccc(C2c3c(oc4ccc(C)cc4c3=O)C(=O)N2c2ncccn2)cc1. The topological polar surface area (TPSA) is 76.3 Å². The second-order valence-electron chi connectivity index (χ2n) is 7.21. The van der Waals surface area contributed by atoms with E-state index in [0.29, 0.717) is 16.5 Å². The van der Waals surface area contributed by atoms with Gasteiger partial charge >= 0.3 is 0 Å². The molecule has 0 fully saturated rings. The molecule has 0 radical (unpaired) electrons. The average molecular weight is 383 g/mol. The van der Waals surface area contributed by atoms with Gasteiger partial charge in [0.15, 0.2) is 5.43 Å². The minimum Gasteiger partial charge on any atom is -0.450 e. The maximum absolute atomic E-state index is 13.5. The van der Waals surface area contributed by atoms with Crippen molar-refractivity contribution in [3.63, 3.8) is 0 Å². The maximum Gasteiger partial charge on any atom is 0.297 e. The first kappa shape index (κ1) is 17.3. The van der Waals surface area contributed by atoms with Crippen LogP contribution in [0, 0.1) is 13.8 Å². The molecule has 3 heterocycles. The number of carbonyl (C=O) groups excluding carboxylic acids is 1. The lowest BCUT2D eigenvalue weighted by Crippen LogP contribution is -2.31. The molecule has 1 amide bonds. The molecule has 4 aromatic rings. The highest BCUT2D eigenvalue weighted by Gasteiger charge is 2.44. The Balaban J connectivity index is 1.83. The molecule has 0 N–H and O–H groups in total. The summed E-state index contributed by atoms with van der Waals surface area (Å²) in [5, 5.41) is 0.462. The fourth-order valence-electron chi connectivity index (χ4n) is 3.77. The van der Waals surface area contributed by atoms with Gasteiger partial charge in [-0.05, 0) is 37.6 Å². The molecule has 1 unspecified atom stereocenters. The van der Waals surface area contributed by atoms with Gasteiger partial charge in [-0.1, -0.05) is 41.5 Å². The van der Waals surface area contributed by atoms with Crippen LogP contribution in [-0.4, -0.2) is 15.9 Å². The molecule has 1 atom stereocenters. The summed E-state index contributed by atoms with van der Waals surface area (Å²) in [6.45, 7) is 3.90. The van der Waals surface area contributed by atoms with E-state index in [0.717, 1.165) is 16.7 Å². The molecule has 0 saturated heterocycles. The molecular weight excluding hydrogens is 366 g/mol. The molecule has 1 aliphatic heterocycles. The summed E-state index contributed by atoms with van der Waals surface area (Å²) in [6, 6.07) is 14.1. The minimum atomic E-state index is -0.651. The van der Waals surface area contributed by atoms with E-state index in [-0.39, 0.29) is 17.1 Å². The van der Waals surface area contributed by atoms with Crippen molar-refractivity contribution in [2.24, 2.45) is 0 Å². The summed E-state index contributed by atoms with van der Waals surface area (Å²) >= 11 is 0. The van der Waals surface area contributed by atoms with E-state index in [1.54, 1.807) is 30.6 Å². The van der Waals surface area contributed by atoms with Gasteiger partial charge in [-0.15, -0.1) is 0 Å². The van der Waals surface area contributed by atoms with Gasteiger partial charge in [0.2, 0.25) is 11.7 Å². The number of rotatable bonds is 2. The molecule has 29 heavy (non-hydrogen) atoms. The number of hydrogen-bond donors (Lipinski definition) is 0. The summed E-state index contributed by atoms with van der Waals surface area (Å²) in [5.74, 6) is -0.144. The fourth-order valence-corrected chi connectivity index (χ4v) is 3.77. The van der Waals surface area contributed by atoms with Crippen molar-refractivity contribution in [3.8, 4) is 0 Å². The van der Waals surface area contributed by atoms with Crippen LogP contribution < -0.4 is 10.3 Å². The van der Waals surface area contributed by atoms with Gasteiger partial charge in [0.25, 0.3) is 5.91 Å². The molecular formula is C23H17N3O3. The van der Waals surface area contributed by atoms with E-state index in [1.807, 2.05) is 44.2 Å². The molecule has 142 valence electrons. The summed E-state index contributed by atoms with van der Waals surface area (Å²) in [6.07, 6.45) is 3.14. The summed E-state index contributed by atoms with van der Waals surface area (Å²) in [7, 11) is 0. The van der Waals surface area contributed by atoms with Gasteiger partial charge in [0.05, 0.1) is 17.0 Å². The predicted molar refractivity (Wildman–Crippen MR) is 109 cm³/mol. The average Bonchev–Trinajstić information content (AvgIpc) is 3.03. The number of carbonyl (C=O) groups is 1. The smallest absolute Gasteiger partial charge is 0.297 e. The second-order valence-corrected chi connectivity index (χ2v) is 7.21. The number of fused-ring (bicyclic) bond motifs is 2. The molecule has 0 saturated carbocycles. The van der Waals surface area contributed by atoms with Gasteiger partial charge in [0.1, 0.15) is 5.58 Å². The van der Waals surface area contributed by atoms with Crippen molar-refractivity contribution in [3.05, 3.63) is 99.2 Å². The minimum absolute atomic E-state index is 0.0457. The zero-order valence-corrected chi connectivity index (χ0v) is 15.9. The number of nitrogens with zero attached hydrogens (tertiary/aromatic N) is 3. The summed E-state index contributed by atoms with van der Waals surface area (Å²) in [5.41, 5.74) is 3.35. The lowest BCUT2D eigenvalue weighted by atomic mass is 9.97. The van der Waals surface area contributed by atoms with Gasteiger partial charge in [0, 0.05) is 12.4 Å². The van der Waals surface area contributed by atoms with Crippen molar-refractivity contribution in [1.29, 1.82) is 0 Å². The first-order valence-corrected chi connectivity index (χ1v) is 9.29. The molecule has 0 bridgehead atoms. The maximum atomic E-state index is 13.5. The van der Waals surface area contributed by atoms with Gasteiger partial charge in [-0.3, -0.25) is 14.5 Å². The highest BCUT2D eigenvalue weighted by Crippen LogP contribution is 2.39. The zero-order chi connectivity index (χ0) is 20.1. The highest BCUT2D eigenvalue weighted by molar-refractivity contribution is 6.09. The van der Waals surface area contributed by atoms with Crippen LogP contribution in [-0.2, 0) is 0 Å². The van der Waals surface area contributed by atoms with E-state index in [9.17, 15) is 9.59 Å². The van der Waals surface area contributed by atoms with Gasteiger partial charge < -0.3 is 4.42 Å². The third kappa shape index (κ3) is 2.64. The first-order chi connectivity index (χ1) is 14.0. The van der Waals surface area contributed by atoms with E-state index < -0.39 is 11.9 Å². The number of aryl methyl sites for hydroxylation is 2. The van der Waals surface area contributed by atoms with Crippen LogP contribution in [0.15, 0.2) is 70.1 Å². The van der Waals surface area contributed by atoms with E-state index in [2.05, 4.69) is 9.97 Å². The quantitative estimate of drug-likeness (QED) is 0.524. The monoisotopic (exact) mass is 383 g/mol. The molecule has 0 spiro atoms. The van der Waals surface area contributed by atoms with Crippen LogP contribution in [0.4, 0.5) is 5.95 Å². The Labute approximate surface area is 166 Å². The Kier molecular flexibility index (Phi) is 3.81. The van der Waals surface area contributed by atoms with Gasteiger partial charge in [-0.25, -0.2) is 9.97 Å². The Hall–Kier alpha value is -3.80.